The van der Waals surface area contributed by atoms with Gasteiger partial charge in [-0.1, -0.05) is 0 Å². The summed E-state index contributed by atoms with van der Waals surface area (Å²) in [4.78, 5) is 8.75. The van der Waals surface area contributed by atoms with Crippen LogP contribution in [0, 0.1) is 10.2 Å². The van der Waals surface area contributed by atoms with E-state index >= 15 is 0 Å². The second kappa shape index (κ2) is 6.55. The van der Waals surface area contributed by atoms with E-state index in [9.17, 15) is 14.0 Å². The van der Waals surface area contributed by atoms with Crippen LogP contribution in [-0.2, 0) is 14.1 Å². The van der Waals surface area contributed by atoms with Gasteiger partial charge >= 0.3 is 0 Å². The summed E-state index contributed by atoms with van der Waals surface area (Å²) in [6.45, 7) is 0.218. The van der Waals surface area contributed by atoms with Crippen LogP contribution in [0.3, 0.4) is 0 Å². The molecular weight excluding hydrogens is 192 g/mol. The molecule has 0 aromatic carbocycles. The van der Waals surface area contributed by atoms with Crippen LogP contribution in [-0.4, -0.2) is 20.3 Å². The van der Waals surface area contributed by atoms with E-state index in [2.05, 4.69) is 14.1 Å². The van der Waals surface area contributed by atoms with Gasteiger partial charge in [-0.25, -0.2) is 9.78 Å². The molecular formula is C5H11ClO6. The maximum absolute atomic E-state index is 9.86. The molecule has 0 rings (SSSR count). The standard InChI is InChI=1S/C5H11ClO6/c1-10-12-5-3-2-4-11-6(7,8)9/h2-5H2,1H3. The Bertz CT molecular complexity index is 103. The Labute approximate surface area is 72.3 Å². The predicted molar refractivity (Wildman–Crippen MR) is 28.1 cm³/mol. The minimum atomic E-state index is -4.28. The Morgan fingerprint density at radius 1 is 1.08 bits per heavy atom. The zero-order valence-electron chi connectivity index (χ0n) is 6.66. The molecule has 0 aliphatic heterocycles. The fraction of sp³-hybridized carbons (Fsp3) is 1.00. The smallest absolute Gasteiger partial charge is 0.203 e. The van der Waals surface area contributed by atoms with E-state index in [0.29, 0.717) is 19.4 Å². The summed E-state index contributed by atoms with van der Waals surface area (Å²) < 4.78 is 33.5. The summed E-state index contributed by atoms with van der Waals surface area (Å²) in [6, 6.07) is 0. The maximum Gasteiger partial charge on any atom is 0.203 e. The van der Waals surface area contributed by atoms with E-state index in [1.807, 2.05) is 0 Å². The summed E-state index contributed by atoms with van der Waals surface area (Å²) >= 11 is 0. The zero-order valence-corrected chi connectivity index (χ0v) is 7.41. The minimum absolute atomic E-state index is 0.125. The molecule has 0 radical (unpaired) electrons. The highest BCUT2D eigenvalue weighted by atomic mass is 35.7. The predicted octanol–water partition coefficient (Wildman–Crippen LogP) is -2.74. The van der Waals surface area contributed by atoms with Crippen molar-refractivity contribution in [2.45, 2.75) is 12.8 Å². The van der Waals surface area contributed by atoms with Gasteiger partial charge in [0, 0.05) is 0 Å². The molecule has 74 valence electrons. The molecule has 7 heteroatoms. The lowest BCUT2D eigenvalue weighted by atomic mass is 10.3. The van der Waals surface area contributed by atoms with Crippen molar-refractivity contribution in [1.29, 1.82) is 0 Å². The van der Waals surface area contributed by atoms with Gasteiger partial charge in [0.2, 0.25) is 6.61 Å². The lowest BCUT2D eigenvalue weighted by molar-refractivity contribution is -1.92. The van der Waals surface area contributed by atoms with Crippen molar-refractivity contribution >= 4 is 0 Å². The molecule has 0 spiro atoms. The molecule has 0 atom stereocenters. The van der Waals surface area contributed by atoms with Crippen LogP contribution in [0.4, 0.5) is 0 Å². The van der Waals surface area contributed by atoms with Crippen LogP contribution in [0.5, 0.6) is 0 Å². The van der Waals surface area contributed by atoms with Gasteiger partial charge in [-0.3, -0.25) is 0 Å². The third-order valence-electron chi connectivity index (χ3n) is 0.951. The average Bonchev–Trinajstić information content (AvgIpc) is 1.94. The molecule has 0 saturated carbocycles. The lowest BCUT2D eigenvalue weighted by Crippen LogP contribution is -2.61. The maximum atomic E-state index is 9.86. The topological polar surface area (TPSA) is 96.9 Å². The van der Waals surface area contributed by atoms with Crippen LogP contribution in [0.2, 0.25) is 0 Å². The molecule has 0 heterocycles. The highest BCUT2D eigenvalue weighted by Gasteiger charge is 2.15. The first-order valence-electron chi connectivity index (χ1n) is 3.27. The normalized spacial score (nSPS) is 12.0. The molecule has 0 N–H and O–H groups in total. The first-order valence-corrected chi connectivity index (χ1v) is 4.50. The Hall–Kier alpha value is 0.0500. The largest absolute Gasteiger partial charge is 0.240 e. The van der Waals surface area contributed by atoms with Crippen molar-refractivity contribution in [1.82, 2.24) is 0 Å². The molecule has 0 fully saturated rings. The number of hydrogen-bond donors (Lipinski definition) is 0. The monoisotopic (exact) mass is 202 g/mol. The Morgan fingerprint density at radius 3 is 2.17 bits per heavy atom. The van der Waals surface area contributed by atoms with E-state index in [4.69, 9.17) is 0 Å². The number of halogens is 1. The third kappa shape index (κ3) is 10.0. The molecule has 0 unspecified atom stereocenters. The summed E-state index contributed by atoms with van der Waals surface area (Å²) in [5.41, 5.74) is 0. The van der Waals surface area contributed by atoms with Crippen molar-refractivity contribution in [3.63, 3.8) is 0 Å². The number of unbranched alkanes of at least 4 members (excludes halogenated alkanes) is 1. The summed E-state index contributed by atoms with van der Waals surface area (Å²) in [5.74, 6) is 0. The van der Waals surface area contributed by atoms with Gasteiger partial charge in [-0.2, -0.15) is 14.0 Å². The van der Waals surface area contributed by atoms with Gasteiger partial charge in [0.15, 0.2) is 0 Å². The van der Waals surface area contributed by atoms with Gasteiger partial charge in [0.05, 0.1) is 28.2 Å². The second-order valence-electron chi connectivity index (χ2n) is 1.89. The van der Waals surface area contributed by atoms with E-state index in [1.165, 1.54) is 7.11 Å². The van der Waals surface area contributed by atoms with E-state index in [1.54, 1.807) is 0 Å². The quantitative estimate of drug-likeness (QED) is 0.252. The van der Waals surface area contributed by atoms with Crippen LogP contribution < -0.4 is 14.0 Å². The van der Waals surface area contributed by atoms with E-state index in [-0.39, 0.29) is 6.61 Å². The van der Waals surface area contributed by atoms with E-state index < -0.39 is 10.2 Å². The summed E-state index contributed by atoms with van der Waals surface area (Å²) in [5, 5.41) is 0. The van der Waals surface area contributed by atoms with Crippen molar-refractivity contribution in [2.75, 3.05) is 20.3 Å². The minimum Gasteiger partial charge on any atom is -0.240 e. The molecule has 6 nitrogen and oxygen atoms in total. The van der Waals surface area contributed by atoms with Gasteiger partial charge < -0.3 is 0 Å². The Morgan fingerprint density at radius 2 is 1.67 bits per heavy atom. The summed E-state index contributed by atoms with van der Waals surface area (Å²) in [6.07, 6.45) is 0.997. The molecule has 0 amide bonds. The van der Waals surface area contributed by atoms with Gasteiger partial charge in [0.25, 0.3) is 0 Å². The molecule has 0 aliphatic carbocycles. The molecule has 0 aromatic rings. The zero-order chi connectivity index (χ0) is 9.45. The molecule has 0 bridgehead atoms. The Kier molecular flexibility index (Phi) is 6.58. The first-order chi connectivity index (χ1) is 5.56. The van der Waals surface area contributed by atoms with Gasteiger partial charge in [-0.15, -0.1) is 0 Å². The Balaban J connectivity index is 3.01. The van der Waals surface area contributed by atoms with Crippen molar-refractivity contribution < 1.29 is 38.3 Å². The molecule has 0 aliphatic rings. The SMILES string of the molecule is COOCCCCO[Cl+3]([O-])([O-])[O-]. The number of hydrogen-bond acceptors (Lipinski definition) is 6. The van der Waals surface area contributed by atoms with Crippen LogP contribution >= 0.6 is 0 Å². The lowest BCUT2D eigenvalue weighted by Gasteiger charge is -2.11. The fourth-order valence-corrected chi connectivity index (χ4v) is 0.794. The highest BCUT2D eigenvalue weighted by Crippen LogP contribution is 1.95. The van der Waals surface area contributed by atoms with Crippen LogP contribution in [0.25, 0.3) is 0 Å². The van der Waals surface area contributed by atoms with E-state index in [0.717, 1.165) is 0 Å². The highest BCUT2D eigenvalue weighted by molar-refractivity contribution is 4.32. The van der Waals surface area contributed by atoms with Gasteiger partial charge in [-0.05, 0) is 12.8 Å². The van der Waals surface area contributed by atoms with Crippen molar-refractivity contribution in [2.24, 2.45) is 0 Å². The van der Waals surface area contributed by atoms with Crippen LogP contribution in [0.1, 0.15) is 12.8 Å². The number of rotatable bonds is 7. The second-order valence-corrected chi connectivity index (χ2v) is 2.86. The average molecular weight is 203 g/mol. The fourth-order valence-electron chi connectivity index (χ4n) is 0.495. The molecule has 12 heavy (non-hydrogen) atoms. The van der Waals surface area contributed by atoms with Gasteiger partial charge in [0.1, 0.15) is 0 Å². The van der Waals surface area contributed by atoms with Crippen molar-refractivity contribution in [3.8, 4) is 0 Å². The van der Waals surface area contributed by atoms with Crippen LogP contribution in [0.15, 0.2) is 0 Å². The molecule has 0 saturated heterocycles. The summed E-state index contributed by atoms with van der Waals surface area (Å²) in [7, 11) is -2.91. The first kappa shape index (κ1) is 12.0. The van der Waals surface area contributed by atoms with Crippen molar-refractivity contribution in [3.05, 3.63) is 0 Å². The molecule has 0 aromatic heterocycles. The third-order valence-corrected chi connectivity index (χ3v) is 1.37.